The van der Waals surface area contributed by atoms with Crippen LogP contribution in [0.4, 0.5) is 4.39 Å². The van der Waals surface area contributed by atoms with Crippen LogP contribution >= 0.6 is 0 Å². The molecule has 0 spiro atoms. The minimum atomic E-state index is -0.362. The van der Waals surface area contributed by atoms with Crippen LogP contribution < -0.4 is 5.32 Å². The second-order valence-electron chi connectivity index (χ2n) is 3.77. The third-order valence-corrected chi connectivity index (χ3v) is 2.34. The fourth-order valence-corrected chi connectivity index (χ4v) is 1.51. The van der Waals surface area contributed by atoms with Crippen LogP contribution in [-0.2, 0) is 0 Å². The van der Waals surface area contributed by atoms with Crippen molar-refractivity contribution in [2.75, 3.05) is 6.54 Å². The zero-order chi connectivity index (χ0) is 11.3. The van der Waals surface area contributed by atoms with Gasteiger partial charge >= 0.3 is 0 Å². The number of hydrogen-bond donors (Lipinski definition) is 2. The fraction of sp³-hybridized carbons (Fsp3) is 0.500. The van der Waals surface area contributed by atoms with Crippen molar-refractivity contribution < 1.29 is 9.50 Å². The van der Waals surface area contributed by atoms with Crippen LogP contribution in [0.1, 0.15) is 31.9 Å². The Kier molecular flexibility index (Phi) is 4.72. The smallest absolute Gasteiger partial charge is 0.123 e. The molecule has 0 fully saturated rings. The molecule has 0 amide bonds. The van der Waals surface area contributed by atoms with Crippen LogP contribution in [0, 0.1) is 5.82 Å². The molecule has 1 aromatic rings. The van der Waals surface area contributed by atoms with Gasteiger partial charge in [-0.25, -0.2) is 4.39 Å². The van der Waals surface area contributed by atoms with E-state index in [0.717, 1.165) is 12.0 Å². The highest BCUT2D eigenvalue weighted by molar-refractivity contribution is 5.19. The Hall–Kier alpha value is -0.930. The lowest BCUT2D eigenvalue weighted by Gasteiger charge is -2.18. The van der Waals surface area contributed by atoms with Crippen molar-refractivity contribution in [1.29, 1.82) is 0 Å². The van der Waals surface area contributed by atoms with E-state index in [2.05, 4.69) is 12.2 Å². The van der Waals surface area contributed by atoms with Gasteiger partial charge in [0, 0.05) is 12.6 Å². The highest BCUT2D eigenvalue weighted by Gasteiger charge is 2.09. The van der Waals surface area contributed by atoms with Gasteiger partial charge in [0.05, 0.1) is 6.10 Å². The van der Waals surface area contributed by atoms with Crippen molar-refractivity contribution in [3.8, 4) is 0 Å². The van der Waals surface area contributed by atoms with E-state index in [-0.39, 0.29) is 18.0 Å². The van der Waals surface area contributed by atoms with Crippen molar-refractivity contribution in [1.82, 2.24) is 5.32 Å². The lowest BCUT2D eigenvalue weighted by atomic mass is 10.0. The summed E-state index contributed by atoms with van der Waals surface area (Å²) < 4.78 is 12.7. The monoisotopic (exact) mass is 211 g/mol. The summed E-state index contributed by atoms with van der Waals surface area (Å²) in [6, 6.07) is 6.65. The molecule has 0 unspecified atom stereocenters. The van der Waals surface area contributed by atoms with Gasteiger partial charge in [0.15, 0.2) is 0 Å². The summed E-state index contributed by atoms with van der Waals surface area (Å²) in [7, 11) is 0. The number of nitrogens with one attached hydrogen (secondary N) is 1. The van der Waals surface area contributed by atoms with E-state index in [4.69, 9.17) is 5.11 Å². The van der Waals surface area contributed by atoms with Gasteiger partial charge in [-0.05, 0) is 31.0 Å². The molecule has 1 aromatic carbocycles. The molecule has 0 bridgehead atoms. The van der Waals surface area contributed by atoms with Crippen LogP contribution in [0.25, 0.3) is 0 Å². The number of benzene rings is 1. The summed E-state index contributed by atoms with van der Waals surface area (Å²) in [5.41, 5.74) is 1.06. The molecular formula is C12H18FNO. The molecule has 3 heteroatoms. The summed E-state index contributed by atoms with van der Waals surface area (Å²) in [4.78, 5) is 0. The zero-order valence-electron chi connectivity index (χ0n) is 9.20. The second kappa shape index (κ2) is 5.83. The average Bonchev–Trinajstić information content (AvgIpc) is 2.21. The van der Waals surface area contributed by atoms with Crippen molar-refractivity contribution in [3.05, 3.63) is 35.6 Å². The maximum Gasteiger partial charge on any atom is 0.123 e. The molecule has 0 aromatic heterocycles. The molecule has 0 heterocycles. The first-order valence-electron chi connectivity index (χ1n) is 5.30. The standard InChI is InChI=1S/C12H18FNO/c1-3-12(14-8-9(2)15)10-4-6-11(13)7-5-10/h4-7,9,12,14-15H,3,8H2,1-2H3/t9-,12+/m1/s1. The molecule has 15 heavy (non-hydrogen) atoms. The van der Waals surface area contributed by atoms with Crippen molar-refractivity contribution in [2.24, 2.45) is 0 Å². The maximum atomic E-state index is 12.7. The summed E-state index contributed by atoms with van der Waals surface area (Å²) in [6.07, 6.45) is 0.553. The maximum absolute atomic E-state index is 12.7. The SMILES string of the molecule is CC[C@H](NC[C@@H](C)O)c1ccc(F)cc1. The summed E-state index contributed by atoms with van der Waals surface area (Å²) >= 11 is 0. The fourth-order valence-electron chi connectivity index (χ4n) is 1.51. The summed E-state index contributed by atoms with van der Waals surface area (Å²) in [5, 5.41) is 12.4. The van der Waals surface area contributed by atoms with Gasteiger partial charge in [0.2, 0.25) is 0 Å². The molecule has 0 saturated carbocycles. The zero-order valence-corrected chi connectivity index (χ0v) is 9.20. The first-order chi connectivity index (χ1) is 7.13. The van der Waals surface area contributed by atoms with Gasteiger partial charge in [0.1, 0.15) is 5.82 Å². The lowest BCUT2D eigenvalue weighted by Crippen LogP contribution is -2.28. The largest absolute Gasteiger partial charge is 0.392 e. The van der Waals surface area contributed by atoms with Crippen LogP contribution in [0.15, 0.2) is 24.3 Å². The first-order valence-corrected chi connectivity index (χ1v) is 5.30. The molecular weight excluding hydrogens is 193 g/mol. The average molecular weight is 211 g/mol. The number of halogens is 1. The first kappa shape index (κ1) is 12.1. The molecule has 1 rings (SSSR count). The molecule has 2 N–H and O–H groups in total. The van der Waals surface area contributed by atoms with Crippen LogP contribution in [-0.4, -0.2) is 17.8 Å². The molecule has 0 aliphatic carbocycles. The van der Waals surface area contributed by atoms with Gasteiger partial charge < -0.3 is 10.4 Å². The lowest BCUT2D eigenvalue weighted by molar-refractivity contribution is 0.185. The number of rotatable bonds is 5. The van der Waals surface area contributed by atoms with Crippen molar-refractivity contribution in [2.45, 2.75) is 32.4 Å². The van der Waals surface area contributed by atoms with Gasteiger partial charge in [-0.2, -0.15) is 0 Å². The Labute approximate surface area is 90.1 Å². The van der Waals surface area contributed by atoms with Gasteiger partial charge in [0.25, 0.3) is 0 Å². The Morgan fingerprint density at radius 1 is 1.33 bits per heavy atom. The minimum Gasteiger partial charge on any atom is -0.392 e. The van der Waals surface area contributed by atoms with Gasteiger partial charge in [-0.3, -0.25) is 0 Å². The van der Waals surface area contributed by atoms with E-state index < -0.39 is 0 Å². The van der Waals surface area contributed by atoms with Crippen LogP contribution in [0.5, 0.6) is 0 Å². The summed E-state index contributed by atoms with van der Waals surface area (Å²) in [5.74, 6) is -0.218. The Morgan fingerprint density at radius 3 is 2.40 bits per heavy atom. The Morgan fingerprint density at radius 2 is 1.93 bits per heavy atom. The third kappa shape index (κ3) is 3.98. The van der Waals surface area contributed by atoms with Crippen LogP contribution in [0.2, 0.25) is 0 Å². The van der Waals surface area contributed by atoms with Gasteiger partial charge in [-0.1, -0.05) is 19.1 Å². The van der Waals surface area contributed by atoms with Gasteiger partial charge in [-0.15, -0.1) is 0 Å². The highest BCUT2D eigenvalue weighted by atomic mass is 19.1. The Bertz CT molecular complexity index is 284. The quantitative estimate of drug-likeness (QED) is 0.783. The van der Waals surface area contributed by atoms with Crippen molar-refractivity contribution >= 4 is 0 Å². The minimum absolute atomic E-state index is 0.181. The van der Waals surface area contributed by atoms with E-state index in [1.165, 1.54) is 12.1 Å². The normalized spacial score (nSPS) is 14.9. The molecule has 0 aliphatic heterocycles. The van der Waals surface area contributed by atoms with E-state index in [0.29, 0.717) is 6.54 Å². The number of hydrogen-bond acceptors (Lipinski definition) is 2. The molecule has 84 valence electrons. The summed E-state index contributed by atoms with van der Waals surface area (Å²) in [6.45, 7) is 4.35. The third-order valence-electron chi connectivity index (χ3n) is 2.34. The van der Waals surface area contributed by atoms with Crippen molar-refractivity contribution in [3.63, 3.8) is 0 Å². The second-order valence-corrected chi connectivity index (χ2v) is 3.77. The number of aliphatic hydroxyl groups excluding tert-OH is 1. The topological polar surface area (TPSA) is 32.3 Å². The van der Waals surface area contributed by atoms with E-state index in [1.807, 2.05) is 0 Å². The van der Waals surface area contributed by atoms with E-state index in [9.17, 15) is 4.39 Å². The predicted molar refractivity (Wildman–Crippen MR) is 59.1 cm³/mol. The Balaban J connectivity index is 2.61. The number of aliphatic hydroxyl groups is 1. The van der Waals surface area contributed by atoms with E-state index in [1.54, 1.807) is 19.1 Å². The molecule has 0 aliphatic rings. The predicted octanol–water partition coefficient (Wildman–Crippen LogP) is 2.25. The molecule has 2 atom stereocenters. The van der Waals surface area contributed by atoms with E-state index >= 15 is 0 Å². The van der Waals surface area contributed by atoms with Crippen LogP contribution in [0.3, 0.4) is 0 Å². The molecule has 0 radical (unpaired) electrons. The highest BCUT2D eigenvalue weighted by Crippen LogP contribution is 2.16. The molecule has 2 nitrogen and oxygen atoms in total. The molecule has 0 saturated heterocycles.